The molecule has 1 N–H and O–H groups in total. The molecule has 0 heterocycles. The molecule has 3 nitrogen and oxygen atoms in total. The molecule has 0 fully saturated rings. The second-order valence-electron chi connectivity index (χ2n) is 4.47. The summed E-state index contributed by atoms with van der Waals surface area (Å²) >= 11 is 0. The molecule has 1 aromatic rings. The van der Waals surface area contributed by atoms with E-state index in [1.807, 2.05) is 12.1 Å². The third kappa shape index (κ3) is 2.01. The Labute approximate surface area is 102 Å². The van der Waals surface area contributed by atoms with Gasteiger partial charge in [-0.1, -0.05) is 13.0 Å². The Balaban J connectivity index is 2.38. The highest BCUT2D eigenvalue weighted by Crippen LogP contribution is 2.38. The topological polar surface area (TPSA) is 45.0 Å². The minimum atomic E-state index is -0.514. The molecular weight excluding hydrogens is 212 g/mol. The number of aryl methyl sites for hydroxylation is 1. The lowest BCUT2D eigenvalue weighted by Crippen LogP contribution is -2.39. The van der Waals surface area contributed by atoms with Crippen LogP contribution in [0.4, 0.5) is 0 Å². The molecular formula is C14H18N2O. The number of nitrogens with zero attached hydrogens (tertiary/aromatic N) is 1. The van der Waals surface area contributed by atoms with Gasteiger partial charge in [0.15, 0.2) is 0 Å². The predicted molar refractivity (Wildman–Crippen MR) is 66.9 cm³/mol. The quantitative estimate of drug-likeness (QED) is 0.863. The van der Waals surface area contributed by atoms with E-state index in [-0.39, 0.29) is 0 Å². The number of hydrogen-bond acceptors (Lipinski definition) is 3. The second kappa shape index (κ2) is 4.77. The molecule has 0 bridgehead atoms. The molecule has 0 saturated carbocycles. The van der Waals surface area contributed by atoms with Crippen LogP contribution in [0.25, 0.3) is 0 Å². The van der Waals surface area contributed by atoms with Crippen LogP contribution in [0.5, 0.6) is 5.75 Å². The lowest BCUT2D eigenvalue weighted by Gasteiger charge is -2.24. The molecule has 0 aliphatic heterocycles. The SMILES string of the molecule is CCCNC1(C#N)CCc2ccc(OC)cc21. The maximum atomic E-state index is 9.50. The van der Waals surface area contributed by atoms with Crippen molar-refractivity contribution < 1.29 is 4.74 Å². The predicted octanol–water partition coefficient (Wildman–Crippen LogP) is 2.36. The van der Waals surface area contributed by atoms with Gasteiger partial charge < -0.3 is 4.74 Å². The Morgan fingerprint density at radius 2 is 2.35 bits per heavy atom. The van der Waals surface area contributed by atoms with E-state index in [0.717, 1.165) is 37.1 Å². The normalized spacial score (nSPS) is 21.9. The number of nitriles is 1. The van der Waals surface area contributed by atoms with Crippen LogP contribution in [0, 0.1) is 11.3 Å². The summed E-state index contributed by atoms with van der Waals surface area (Å²) in [5.41, 5.74) is 1.84. The molecule has 1 atom stereocenters. The van der Waals surface area contributed by atoms with Crippen LogP contribution in [0.15, 0.2) is 18.2 Å². The van der Waals surface area contributed by atoms with Crippen LogP contribution in [0.1, 0.15) is 30.9 Å². The standard InChI is InChI=1S/C14H18N2O/c1-3-8-16-14(10-15)7-6-11-4-5-12(17-2)9-13(11)14/h4-5,9,16H,3,6-8H2,1-2H3. The van der Waals surface area contributed by atoms with E-state index >= 15 is 0 Å². The van der Waals surface area contributed by atoms with Crippen molar-refractivity contribution in [1.82, 2.24) is 5.32 Å². The number of ether oxygens (including phenoxy) is 1. The van der Waals surface area contributed by atoms with Gasteiger partial charge in [-0.25, -0.2) is 0 Å². The number of benzene rings is 1. The molecule has 1 aromatic carbocycles. The fraction of sp³-hybridized carbons (Fsp3) is 0.500. The third-order valence-electron chi connectivity index (χ3n) is 3.41. The van der Waals surface area contributed by atoms with Gasteiger partial charge in [-0.05, 0) is 49.1 Å². The molecule has 0 aromatic heterocycles. The first-order valence-corrected chi connectivity index (χ1v) is 6.09. The molecule has 0 spiro atoms. The van der Waals surface area contributed by atoms with Gasteiger partial charge in [0.25, 0.3) is 0 Å². The minimum absolute atomic E-state index is 0.514. The Morgan fingerprint density at radius 1 is 1.53 bits per heavy atom. The van der Waals surface area contributed by atoms with Crippen molar-refractivity contribution >= 4 is 0 Å². The van der Waals surface area contributed by atoms with Crippen molar-refractivity contribution in [2.75, 3.05) is 13.7 Å². The average Bonchev–Trinajstić information content (AvgIpc) is 2.75. The minimum Gasteiger partial charge on any atom is -0.497 e. The van der Waals surface area contributed by atoms with Crippen molar-refractivity contribution in [3.05, 3.63) is 29.3 Å². The number of methoxy groups -OCH3 is 1. The fourth-order valence-electron chi connectivity index (χ4n) is 2.43. The second-order valence-corrected chi connectivity index (χ2v) is 4.47. The van der Waals surface area contributed by atoms with Crippen molar-refractivity contribution in [3.8, 4) is 11.8 Å². The highest BCUT2D eigenvalue weighted by atomic mass is 16.5. The Bertz CT molecular complexity index is 450. The van der Waals surface area contributed by atoms with Crippen molar-refractivity contribution in [2.45, 2.75) is 31.7 Å². The van der Waals surface area contributed by atoms with Gasteiger partial charge in [0, 0.05) is 0 Å². The van der Waals surface area contributed by atoms with E-state index < -0.39 is 5.54 Å². The van der Waals surface area contributed by atoms with E-state index in [4.69, 9.17) is 4.74 Å². The van der Waals surface area contributed by atoms with Gasteiger partial charge in [-0.2, -0.15) is 5.26 Å². The van der Waals surface area contributed by atoms with Gasteiger partial charge in [-0.3, -0.25) is 5.32 Å². The van der Waals surface area contributed by atoms with Crippen LogP contribution < -0.4 is 10.1 Å². The zero-order valence-electron chi connectivity index (χ0n) is 10.4. The molecule has 0 amide bonds. The van der Waals surface area contributed by atoms with E-state index in [9.17, 15) is 5.26 Å². The van der Waals surface area contributed by atoms with Gasteiger partial charge in [0.2, 0.25) is 0 Å². The van der Waals surface area contributed by atoms with E-state index in [1.165, 1.54) is 5.56 Å². The molecule has 1 aliphatic carbocycles. The van der Waals surface area contributed by atoms with E-state index in [0.29, 0.717) is 0 Å². The first-order valence-electron chi connectivity index (χ1n) is 6.09. The molecule has 0 saturated heterocycles. The summed E-state index contributed by atoms with van der Waals surface area (Å²) in [6, 6.07) is 8.48. The molecule has 17 heavy (non-hydrogen) atoms. The van der Waals surface area contributed by atoms with Crippen LogP contribution >= 0.6 is 0 Å². The zero-order valence-corrected chi connectivity index (χ0v) is 10.4. The first kappa shape index (κ1) is 11.9. The Hall–Kier alpha value is -1.53. The molecule has 1 aliphatic rings. The monoisotopic (exact) mass is 230 g/mol. The van der Waals surface area contributed by atoms with Crippen molar-refractivity contribution in [3.63, 3.8) is 0 Å². The summed E-state index contributed by atoms with van der Waals surface area (Å²) in [6.07, 6.45) is 2.85. The Kier molecular flexibility index (Phi) is 3.35. The molecule has 3 heteroatoms. The smallest absolute Gasteiger partial charge is 0.133 e. The lowest BCUT2D eigenvalue weighted by molar-refractivity contribution is 0.405. The van der Waals surface area contributed by atoms with Gasteiger partial charge in [0.05, 0.1) is 13.2 Å². The molecule has 2 rings (SSSR count). The van der Waals surface area contributed by atoms with Crippen LogP contribution in [0.3, 0.4) is 0 Å². The summed E-state index contributed by atoms with van der Waals surface area (Å²) in [7, 11) is 1.66. The maximum absolute atomic E-state index is 9.50. The van der Waals surface area contributed by atoms with Crippen LogP contribution in [-0.2, 0) is 12.0 Å². The lowest BCUT2D eigenvalue weighted by atomic mass is 9.93. The first-order chi connectivity index (χ1) is 8.25. The summed E-state index contributed by atoms with van der Waals surface area (Å²) in [4.78, 5) is 0. The number of rotatable bonds is 4. The molecule has 1 unspecified atom stereocenters. The highest BCUT2D eigenvalue weighted by molar-refractivity contribution is 5.47. The van der Waals surface area contributed by atoms with Crippen molar-refractivity contribution in [1.29, 1.82) is 5.26 Å². The summed E-state index contributed by atoms with van der Waals surface area (Å²) in [5.74, 6) is 0.823. The third-order valence-corrected chi connectivity index (χ3v) is 3.41. The summed E-state index contributed by atoms with van der Waals surface area (Å²) in [5, 5.41) is 12.9. The van der Waals surface area contributed by atoms with E-state index in [2.05, 4.69) is 24.4 Å². The van der Waals surface area contributed by atoms with Gasteiger partial charge in [-0.15, -0.1) is 0 Å². The number of hydrogen-bond donors (Lipinski definition) is 1. The fourth-order valence-corrected chi connectivity index (χ4v) is 2.43. The summed E-state index contributed by atoms with van der Waals surface area (Å²) in [6.45, 7) is 2.98. The van der Waals surface area contributed by atoms with Gasteiger partial charge in [0.1, 0.15) is 11.3 Å². The molecule has 0 radical (unpaired) electrons. The van der Waals surface area contributed by atoms with Crippen LogP contribution in [-0.4, -0.2) is 13.7 Å². The number of fused-ring (bicyclic) bond motifs is 1. The van der Waals surface area contributed by atoms with Crippen molar-refractivity contribution in [2.24, 2.45) is 0 Å². The molecule has 90 valence electrons. The van der Waals surface area contributed by atoms with Crippen LogP contribution in [0.2, 0.25) is 0 Å². The van der Waals surface area contributed by atoms with Gasteiger partial charge >= 0.3 is 0 Å². The number of nitrogens with one attached hydrogen (secondary N) is 1. The zero-order chi connectivity index (χ0) is 12.3. The largest absolute Gasteiger partial charge is 0.497 e. The highest BCUT2D eigenvalue weighted by Gasteiger charge is 2.38. The average molecular weight is 230 g/mol. The Morgan fingerprint density at radius 3 is 3.00 bits per heavy atom. The summed E-state index contributed by atoms with van der Waals surface area (Å²) < 4.78 is 5.24. The van der Waals surface area contributed by atoms with E-state index in [1.54, 1.807) is 7.11 Å². The maximum Gasteiger partial charge on any atom is 0.133 e.